The molecule has 0 aliphatic rings. The van der Waals surface area contributed by atoms with Crippen LogP contribution in [-0.2, 0) is 10.0 Å². The first-order valence-electron chi connectivity index (χ1n) is 8.67. The first-order chi connectivity index (χ1) is 12.2. The third kappa shape index (κ3) is 5.33. The number of aryl methyl sites for hydroxylation is 2. The van der Waals surface area contributed by atoms with Crippen molar-refractivity contribution in [1.29, 1.82) is 0 Å². The number of sulfonamides is 1. The Morgan fingerprint density at radius 1 is 1.08 bits per heavy atom. The van der Waals surface area contributed by atoms with E-state index in [1.165, 1.54) is 0 Å². The highest BCUT2D eigenvalue weighted by Gasteiger charge is 2.17. The Bertz CT molecular complexity index is 890. The predicted molar refractivity (Wildman–Crippen MR) is 105 cm³/mol. The van der Waals surface area contributed by atoms with Gasteiger partial charge in [0, 0.05) is 17.8 Å². The number of rotatable bonds is 7. The minimum Gasteiger partial charge on any atom is -0.352 e. The van der Waals surface area contributed by atoms with Gasteiger partial charge in [0.05, 0.1) is 4.90 Å². The highest BCUT2D eigenvalue weighted by molar-refractivity contribution is 7.92. The lowest BCUT2D eigenvalue weighted by atomic mass is 10.1. The first-order valence-corrected chi connectivity index (χ1v) is 10.2. The van der Waals surface area contributed by atoms with Crippen molar-refractivity contribution in [2.24, 2.45) is 5.92 Å². The van der Waals surface area contributed by atoms with E-state index in [0.29, 0.717) is 29.3 Å². The number of amides is 1. The van der Waals surface area contributed by atoms with Gasteiger partial charge in [0.15, 0.2) is 0 Å². The van der Waals surface area contributed by atoms with Gasteiger partial charge in [0.2, 0.25) is 0 Å². The molecule has 1 amide bonds. The van der Waals surface area contributed by atoms with E-state index in [9.17, 15) is 13.2 Å². The predicted octanol–water partition coefficient (Wildman–Crippen LogP) is 3.88. The fourth-order valence-electron chi connectivity index (χ4n) is 2.51. The molecule has 0 fully saturated rings. The summed E-state index contributed by atoms with van der Waals surface area (Å²) in [7, 11) is -3.72. The lowest BCUT2D eigenvalue weighted by Gasteiger charge is -2.12. The van der Waals surface area contributed by atoms with Crippen molar-refractivity contribution in [3.8, 4) is 0 Å². The van der Waals surface area contributed by atoms with Crippen molar-refractivity contribution in [1.82, 2.24) is 5.32 Å². The third-order valence-corrected chi connectivity index (χ3v) is 5.54. The lowest BCUT2D eigenvalue weighted by molar-refractivity contribution is 0.0952. The van der Waals surface area contributed by atoms with E-state index < -0.39 is 10.0 Å². The van der Waals surface area contributed by atoms with Crippen LogP contribution < -0.4 is 10.0 Å². The van der Waals surface area contributed by atoms with Gasteiger partial charge in [-0.05, 0) is 61.6 Å². The molecular weight excluding hydrogens is 348 g/mol. The molecule has 2 N–H and O–H groups in total. The maximum atomic E-state index is 12.7. The fraction of sp³-hybridized carbons (Fsp3) is 0.350. The van der Waals surface area contributed by atoms with Crippen LogP contribution >= 0.6 is 0 Å². The second-order valence-corrected chi connectivity index (χ2v) is 8.54. The SMILES string of the molecule is Cc1ccc(C)c(S(=O)(=O)Nc2cccc(C(=O)NCCC(C)C)c2)c1. The molecule has 6 heteroatoms. The maximum Gasteiger partial charge on any atom is 0.262 e. The van der Waals surface area contributed by atoms with Crippen molar-refractivity contribution in [3.05, 3.63) is 59.2 Å². The zero-order valence-electron chi connectivity index (χ0n) is 15.7. The number of nitrogens with one attached hydrogen (secondary N) is 2. The molecule has 0 unspecified atom stereocenters. The van der Waals surface area contributed by atoms with E-state index in [2.05, 4.69) is 23.9 Å². The Balaban J connectivity index is 2.17. The maximum absolute atomic E-state index is 12.7. The molecule has 0 heterocycles. The van der Waals surface area contributed by atoms with Gasteiger partial charge < -0.3 is 5.32 Å². The molecule has 0 radical (unpaired) electrons. The smallest absolute Gasteiger partial charge is 0.262 e. The van der Waals surface area contributed by atoms with Gasteiger partial charge in [-0.1, -0.05) is 32.0 Å². The Hall–Kier alpha value is -2.34. The number of carbonyl (C=O) groups excluding carboxylic acids is 1. The summed E-state index contributed by atoms with van der Waals surface area (Å²) in [6, 6.07) is 11.8. The van der Waals surface area contributed by atoms with Gasteiger partial charge in [-0.2, -0.15) is 0 Å². The van der Waals surface area contributed by atoms with E-state index in [1.807, 2.05) is 13.0 Å². The quantitative estimate of drug-likeness (QED) is 0.772. The molecule has 2 aromatic carbocycles. The molecule has 0 atom stereocenters. The van der Waals surface area contributed by atoms with Crippen molar-refractivity contribution in [2.75, 3.05) is 11.3 Å². The number of carbonyl (C=O) groups is 1. The molecule has 2 rings (SSSR count). The summed E-state index contributed by atoms with van der Waals surface area (Å²) >= 11 is 0. The number of hydrogen-bond donors (Lipinski definition) is 2. The fourth-order valence-corrected chi connectivity index (χ4v) is 3.89. The Labute approximate surface area is 155 Å². The molecule has 0 aliphatic heterocycles. The summed E-state index contributed by atoms with van der Waals surface area (Å²) in [5.41, 5.74) is 2.33. The molecule has 26 heavy (non-hydrogen) atoms. The third-order valence-electron chi connectivity index (χ3n) is 4.02. The largest absolute Gasteiger partial charge is 0.352 e. The second-order valence-electron chi connectivity index (χ2n) is 6.89. The summed E-state index contributed by atoms with van der Waals surface area (Å²) in [5.74, 6) is 0.296. The van der Waals surface area contributed by atoms with E-state index in [-0.39, 0.29) is 10.8 Å². The summed E-state index contributed by atoms with van der Waals surface area (Å²) in [6.45, 7) is 8.38. The Morgan fingerprint density at radius 3 is 2.50 bits per heavy atom. The molecular formula is C20H26N2O3S. The van der Waals surface area contributed by atoms with Crippen LogP contribution in [0.25, 0.3) is 0 Å². The van der Waals surface area contributed by atoms with E-state index in [0.717, 1.165) is 12.0 Å². The number of benzene rings is 2. The molecule has 5 nitrogen and oxygen atoms in total. The van der Waals surface area contributed by atoms with Crippen LogP contribution in [0.2, 0.25) is 0 Å². The average Bonchev–Trinajstić information content (AvgIpc) is 2.56. The summed E-state index contributed by atoms with van der Waals surface area (Å²) in [4.78, 5) is 12.5. The van der Waals surface area contributed by atoms with Crippen LogP contribution in [-0.4, -0.2) is 20.9 Å². The summed E-state index contributed by atoms with van der Waals surface area (Å²) in [6.07, 6.45) is 0.894. The molecule has 0 saturated carbocycles. The van der Waals surface area contributed by atoms with Gasteiger partial charge in [-0.25, -0.2) is 8.42 Å². The normalized spacial score (nSPS) is 11.4. The monoisotopic (exact) mass is 374 g/mol. The molecule has 0 saturated heterocycles. The second kappa shape index (κ2) is 8.36. The van der Waals surface area contributed by atoms with Gasteiger partial charge >= 0.3 is 0 Å². The van der Waals surface area contributed by atoms with E-state index in [1.54, 1.807) is 43.3 Å². The van der Waals surface area contributed by atoms with Crippen LogP contribution in [0.4, 0.5) is 5.69 Å². The number of anilines is 1. The van der Waals surface area contributed by atoms with E-state index in [4.69, 9.17) is 0 Å². The standard InChI is InChI=1S/C20H26N2O3S/c1-14(2)10-11-21-20(23)17-6-5-7-18(13-17)22-26(24,25)19-12-15(3)8-9-16(19)4/h5-9,12-14,22H,10-11H2,1-4H3,(H,21,23). The zero-order valence-corrected chi connectivity index (χ0v) is 16.5. The van der Waals surface area contributed by atoms with Crippen LogP contribution in [0.5, 0.6) is 0 Å². The highest BCUT2D eigenvalue weighted by atomic mass is 32.2. The molecule has 140 valence electrons. The minimum absolute atomic E-state index is 0.210. The zero-order chi connectivity index (χ0) is 19.3. The molecule has 0 aromatic heterocycles. The Morgan fingerprint density at radius 2 is 1.81 bits per heavy atom. The molecule has 0 bridgehead atoms. The van der Waals surface area contributed by atoms with E-state index >= 15 is 0 Å². The molecule has 2 aromatic rings. The van der Waals surface area contributed by atoms with Gasteiger partial charge in [0.1, 0.15) is 0 Å². The van der Waals surface area contributed by atoms with Gasteiger partial charge in [0.25, 0.3) is 15.9 Å². The Kier molecular flexibility index (Phi) is 6.42. The molecule has 0 aliphatic carbocycles. The van der Waals surface area contributed by atoms with Gasteiger partial charge in [-0.15, -0.1) is 0 Å². The number of hydrogen-bond acceptors (Lipinski definition) is 3. The minimum atomic E-state index is -3.72. The van der Waals surface area contributed by atoms with Crippen LogP contribution in [0.3, 0.4) is 0 Å². The van der Waals surface area contributed by atoms with Crippen molar-refractivity contribution >= 4 is 21.6 Å². The van der Waals surface area contributed by atoms with Crippen LogP contribution in [0, 0.1) is 19.8 Å². The lowest BCUT2D eigenvalue weighted by Crippen LogP contribution is -2.25. The average molecular weight is 375 g/mol. The van der Waals surface area contributed by atoms with Crippen LogP contribution in [0.1, 0.15) is 41.8 Å². The first kappa shape index (κ1) is 20.0. The van der Waals surface area contributed by atoms with Crippen LogP contribution in [0.15, 0.2) is 47.4 Å². The summed E-state index contributed by atoms with van der Waals surface area (Å²) < 4.78 is 27.9. The molecule has 0 spiro atoms. The topological polar surface area (TPSA) is 75.3 Å². The summed E-state index contributed by atoms with van der Waals surface area (Å²) in [5, 5.41) is 2.85. The van der Waals surface area contributed by atoms with Crippen molar-refractivity contribution in [2.45, 2.75) is 39.0 Å². The van der Waals surface area contributed by atoms with Crippen molar-refractivity contribution < 1.29 is 13.2 Å². The highest BCUT2D eigenvalue weighted by Crippen LogP contribution is 2.21. The van der Waals surface area contributed by atoms with Gasteiger partial charge in [-0.3, -0.25) is 9.52 Å². The van der Waals surface area contributed by atoms with Crippen molar-refractivity contribution in [3.63, 3.8) is 0 Å².